The lowest BCUT2D eigenvalue weighted by molar-refractivity contribution is -0.138. The second-order valence-electron chi connectivity index (χ2n) is 11.2. The molecule has 0 bridgehead atoms. The van der Waals surface area contributed by atoms with Gasteiger partial charge in [0.25, 0.3) is 5.91 Å². The Bertz CT molecular complexity index is 1490. The Hall–Kier alpha value is -3.36. The predicted octanol–water partition coefficient (Wildman–Crippen LogP) is 4.25. The molecule has 0 spiro atoms. The van der Waals surface area contributed by atoms with Crippen molar-refractivity contribution >= 4 is 39.3 Å². The molecule has 1 fully saturated rings. The van der Waals surface area contributed by atoms with Crippen molar-refractivity contribution < 1.29 is 40.7 Å². The fourth-order valence-corrected chi connectivity index (χ4v) is 5.82. The number of nitrogens with one attached hydrogen (secondary N) is 2. The second kappa shape index (κ2) is 14.2. The minimum Gasteiger partial charge on any atom is -0.444 e. The zero-order valence-corrected chi connectivity index (χ0v) is 26.5. The highest BCUT2D eigenvalue weighted by Gasteiger charge is 2.35. The van der Waals surface area contributed by atoms with Gasteiger partial charge < -0.3 is 20.3 Å². The van der Waals surface area contributed by atoms with Crippen LogP contribution in [0.2, 0.25) is 5.02 Å². The van der Waals surface area contributed by atoms with Crippen LogP contribution in [0, 0.1) is 0 Å². The fourth-order valence-electron chi connectivity index (χ4n) is 4.51. The number of amides is 3. The number of carbonyl (C=O) groups excluding carboxylic acids is 3. The first kappa shape index (κ1) is 35.1. The van der Waals surface area contributed by atoms with Gasteiger partial charge >= 0.3 is 12.3 Å². The van der Waals surface area contributed by atoms with Crippen LogP contribution in [0.15, 0.2) is 41.3 Å². The highest BCUT2D eigenvalue weighted by atomic mass is 35.5. The second-order valence-corrected chi connectivity index (χ2v) is 13.9. The van der Waals surface area contributed by atoms with E-state index < -0.39 is 39.2 Å². The van der Waals surface area contributed by atoms with Crippen LogP contribution in [-0.2, 0) is 38.6 Å². The minimum absolute atomic E-state index is 0.0165. The highest BCUT2D eigenvalue weighted by Crippen LogP contribution is 2.33. The molecule has 10 nitrogen and oxygen atoms in total. The van der Waals surface area contributed by atoms with Gasteiger partial charge in [0.15, 0.2) is 9.84 Å². The number of sulfone groups is 1. The Morgan fingerprint density at radius 1 is 0.955 bits per heavy atom. The quantitative estimate of drug-likeness (QED) is 0.412. The van der Waals surface area contributed by atoms with Crippen molar-refractivity contribution in [3.05, 3.63) is 63.7 Å². The summed E-state index contributed by atoms with van der Waals surface area (Å²) < 4.78 is 72.1. The first-order valence-electron chi connectivity index (χ1n) is 13.9. The Kier molecular flexibility index (Phi) is 11.3. The lowest BCUT2D eigenvalue weighted by Crippen LogP contribution is -2.51. The molecule has 3 amide bonds. The van der Waals surface area contributed by atoms with Crippen molar-refractivity contribution in [2.75, 3.05) is 38.5 Å². The van der Waals surface area contributed by atoms with Gasteiger partial charge in [-0.3, -0.25) is 14.5 Å². The average Bonchev–Trinajstić information content (AvgIpc) is 2.93. The SMILES string of the molecule is CCS(=O)(=O)c1ccc(Cl)cc1CNC(=O)c1ccc(CN2CCN(C(=O)CNC(=O)OC(C)(C)C)CC2)c(C(F)(F)F)c1. The summed E-state index contributed by atoms with van der Waals surface area (Å²) in [5.74, 6) is -1.32. The fraction of sp³-hybridized carbons (Fsp3) is 0.483. The van der Waals surface area contributed by atoms with Crippen molar-refractivity contribution in [1.82, 2.24) is 20.4 Å². The number of hydrogen-bond acceptors (Lipinski definition) is 7. The summed E-state index contributed by atoms with van der Waals surface area (Å²) in [7, 11) is -3.63. The van der Waals surface area contributed by atoms with Gasteiger partial charge in [0.2, 0.25) is 5.91 Å². The highest BCUT2D eigenvalue weighted by molar-refractivity contribution is 7.91. The van der Waals surface area contributed by atoms with Crippen molar-refractivity contribution in [2.24, 2.45) is 0 Å². The number of benzene rings is 2. The molecule has 44 heavy (non-hydrogen) atoms. The van der Waals surface area contributed by atoms with E-state index in [9.17, 15) is 36.0 Å². The summed E-state index contributed by atoms with van der Waals surface area (Å²) in [5.41, 5.74) is -1.74. The Morgan fingerprint density at radius 2 is 1.61 bits per heavy atom. The predicted molar refractivity (Wildman–Crippen MR) is 158 cm³/mol. The number of nitrogens with zero attached hydrogens (tertiary/aromatic N) is 2. The zero-order valence-electron chi connectivity index (χ0n) is 24.9. The number of piperazine rings is 1. The molecule has 0 unspecified atom stereocenters. The molecule has 1 heterocycles. The molecule has 3 rings (SSSR count). The Labute approximate surface area is 259 Å². The van der Waals surface area contributed by atoms with E-state index in [1.165, 1.54) is 42.2 Å². The Balaban J connectivity index is 1.64. The molecule has 1 aliphatic rings. The number of alkyl carbamates (subject to hydrolysis) is 1. The van der Waals surface area contributed by atoms with E-state index >= 15 is 0 Å². The van der Waals surface area contributed by atoms with Gasteiger partial charge in [0.1, 0.15) is 12.1 Å². The van der Waals surface area contributed by atoms with Crippen LogP contribution < -0.4 is 10.6 Å². The third-order valence-corrected chi connectivity index (χ3v) is 8.82. The molecule has 2 N–H and O–H groups in total. The van der Waals surface area contributed by atoms with E-state index in [-0.39, 0.29) is 71.0 Å². The van der Waals surface area contributed by atoms with Gasteiger partial charge in [-0.05, 0) is 62.2 Å². The van der Waals surface area contributed by atoms with Crippen LogP contribution >= 0.6 is 11.6 Å². The van der Waals surface area contributed by atoms with Crippen LogP contribution in [0.25, 0.3) is 0 Å². The molecule has 1 aliphatic heterocycles. The zero-order chi connectivity index (χ0) is 32.9. The molecule has 242 valence electrons. The van der Waals surface area contributed by atoms with Gasteiger partial charge in [-0.25, -0.2) is 13.2 Å². The number of rotatable bonds is 9. The maximum absolute atomic E-state index is 14.1. The Morgan fingerprint density at radius 3 is 2.20 bits per heavy atom. The lowest BCUT2D eigenvalue weighted by atomic mass is 10.0. The van der Waals surface area contributed by atoms with Crippen LogP contribution in [0.3, 0.4) is 0 Å². The van der Waals surface area contributed by atoms with E-state index in [0.717, 1.165) is 6.07 Å². The molecule has 0 aromatic heterocycles. The third kappa shape index (κ3) is 9.83. The van der Waals surface area contributed by atoms with Crippen molar-refractivity contribution in [1.29, 1.82) is 0 Å². The number of hydrogen-bond donors (Lipinski definition) is 2. The van der Waals surface area contributed by atoms with Crippen LogP contribution in [0.1, 0.15) is 54.7 Å². The molecule has 2 aromatic carbocycles. The van der Waals surface area contributed by atoms with Crippen molar-refractivity contribution in [2.45, 2.75) is 57.5 Å². The molecule has 15 heteroatoms. The van der Waals surface area contributed by atoms with Crippen molar-refractivity contribution in [3.63, 3.8) is 0 Å². The molecule has 0 atom stereocenters. The molecule has 0 aliphatic carbocycles. The monoisotopic (exact) mass is 660 g/mol. The number of carbonyl (C=O) groups is 3. The molecular formula is C29H36ClF3N4O6S. The van der Waals surface area contributed by atoms with E-state index in [0.29, 0.717) is 13.1 Å². The largest absolute Gasteiger partial charge is 0.444 e. The van der Waals surface area contributed by atoms with Crippen LogP contribution in [0.4, 0.5) is 18.0 Å². The minimum atomic E-state index is -4.74. The summed E-state index contributed by atoms with van der Waals surface area (Å²) in [4.78, 5) is 40.4. The molecule has 1 saturated heterocycles. The molecular weight excluding hydrogens is 625 g/mol. The summed E-state index contributed by atoms with van der Waals surface area (Å²) >= 11 is 6.00. The van der Waals surface area contributed by atoms with E-state index in [1.54, 1.807) is 25.7 Å². The number of ether oxygens (including phenoxy) is 1. The topological polar surface area (TPSA) is 125 Å². The maximum Gasteiger partial charge on any atom is 0.416 e. The normalized spacial score (nSPS) is 14.7. The van der Waals surface area contributed by atoms with E-state index in [2.05, 4.69) is 10.6 Å². The van der Waals surface area contributed by atoms with Gasteiger partial charge in [0, 0.05) is 49.9 Å². The van der Waals surface area contributed by atoms with E-state index in [1.807, 2.05) is 0 Å². The van der Waals surface area contributed by atoms with Gasteiger partial charge in [-0.1, -0.05) is 24.6 Å². The number of halogens is 4. The summed E-state index contributed by atoms with van der Waals surface area (Å²) in [6.07, 6.45) is -5.47. The first-order valence-corrected chi connectivity index (χ1v) is 15.9. The summed E-state index contributed by atoms with van der Waals surface area (Å²) in [5, 5.41) is 5.14. The maximum atomic E-state index is 14.1. The standard InChI is InChI=1S/C29H36ClF3N4O6S/c1-5-44(41,42)24-9-8-22(30)14-21(24)16-34-26(39)19-6-7-20(23(15-19)29(31,32)33)18-36-10-12-37(13-11-36)25(38)17-35-27(40)43-28(2,3)4/h6-9,14-15H,5,10-13,16-18H2,1-4H3,(H,34,39)(H,35,40). The lowest BCUT2D eigenvalue weighted by Gasteiger charge is -2.35. The molecule has 2 aromatic rings. The molecule has 0 saturated carbocycles. The average molecular weight is 661 g/mol. The number of alkyl halides is 3. The summed E-state index contributed by atoms with van der Waals surface area (Å²) in [6.45, 7) is 7.11. The molecule has 0 radical (unpaired) electrons. The summed E-state index contributed by atoms with van der Waals surface area (Å²) in [6, 6.07) is 7.42. The van der Waals surface area contributed by atoms with Gasteiger partial charge in [-0.2, -0.15) is 13.2 Å². The van der Waals surface area contributed by atoms with E-state index in [4.69, 9.17) is 16.3 Å². The smallest absolute Gasteiger partial charge is 0.416 e. The van der Waals surface area contributed by atoms with Crippen LogP contribution in [-0.4, -0.2) is 80.2 Å². The third-order valence-electron chi connectivity index (χ3n) is 6.76. The first-order chi connectivity index (χ1) is 20.4. The van der Waals surface area contributed by atoms with Gasteiger partial charge in [0.05, 0.1) is 16.2 Å². The van der Waals surface area contributed by atoms with Gasteiger partial charge in [-0.15, -0.1) is 0 Å². The van der Waals surface area contributed by atoms with Crippen molar-refractivity contribution in [3.8, 4) is 0 Å². The van der Waals surface area contributed by atoms with Crippen LogP contribution in [0.5, 0.6) is 0 Å².